The maximum absolute atomic E-state index is 11.3. The zero-order valence-corrected chi connectivity index (χ0v) is 11.3. The van der Waals surface area contributed by atoms with Gasteiger partial charge in [0.1, 0.15) is 0 Å². The Bertz CT molecular complexity index is 608. The quantitative estimate of drug-likeness (QED) is 0.839. The van der Waals surface area contributed by atoms with Crippen molar-refractivity contribution in [2.24, 2.45) is 0 Å². The minimum absolute atomic E-state index is 0. The Hall–Kier alpha value is -2.00. The Morgan fingerprint density at radius 1 is 0.789 bits per heavy atom. The molecule has 4 nitrogen and oxygen atoms in total. The van der Waals surface area contributed by atoms with Crippen LogP contribution in [0.1, 0.15) is 20.7 Å². The fraction of sp³-hybridized carbons (Fsp3) is 0. The van der Waals surface area contributed by atoms with E-state index in [9.17, 15) is 14.7 Å². The van der Waals surface area contributed by atoms with E-state index in [4.69, 9.17) is 5.11 Å². The van der Waals surface area contributed by atoms with Crippen molar-refractivity contribution >= 4 is 11.9 Å². The molecule has 0 aliphatic heterocycles. The van der Waals surface area contributed by atoms with Crippen LogP contribution in [0.2, 0.25) is 0 Å². The molecule has 0 saturated carbocycles. The molecule has 0 bridgehead atoms. The Morgan fingerprint density at radius 3 is 1.95 bits per heavy atom. The molecule has 0 heterocycles. The first-order chi connectivity index (χ1) is 8.61. The monoisotopic (exact) mass is 345 g/mol. The Labute approximate surface area is 122 Å². The van der Waals surface area contributed by atoms with Crippen LogP contribution in [0.3, 0.4) is 0 Å². The summed E-state index contributed by atoms with van der Waals surface area (Å²) in [6, 6.07) is 13.3. The normalized spacial score (nSPS) is 9.47. The summed E-state index contributed by atoms with van der Waals surface area (Å²) in [6.45, 7) is 0. The summed E-state index contributed by atoms with van der Waals surface area (Å²) in [4.78, 5) is 22.3. The van der Waals surface area contributed by atoms with Crippen molar-refractivity contribution in [3.63, 3.8) is 0 Å². The molecule has 2 aromatic carbocycles. The van der Waals surface area contributed by atoms with E-state index in [1.165, 1.54) is 12.1 Å². The predicted molar refractivity (Wildman–Crippen MR) is 65.8 cm³/mol. The molecular weight excluding hydrogens is 335 g/mol. The predicted octanol–water partition coefficient (Wildman–Crippen LogP) is 2.75. The number of benzene rings is 2. The van der Waals surface area contributed by atoms with E-state index in [0.29, 0.717) is 11.1 Å². The van der Waals surface area contributed by atoms with E-state index < -0.39 is 11.9 Å². The number of aromatic carboxylic acids is 2. The van der Waals surface area contributed by atoms with E-state index in [1.807, 2.05) is 6.07 Å². The van der Waals surface area contributed by atoms with Gasteiger partial charge in [-0.05, 0) is 17.2 Å². The van der Waals surface area contributed by atoms with Gasteiger partial charge in [0.2, 0.25) is 0 Å². The van der Waals surface area contributed by atoms with E-state index in [0.717, 1.165) is 0 Å². The molecule has 99 valence electrons. The molecule has 0 saturated heterocycles. The van der Waals surface area contributed by atoms with Crippen molar-refractivity contribution in [1.82, 2.24) is 0 Å². The third-order valence-electron chi connectivity index (χ3n) is 2.59. The van der Waals surface area contributed by atoms with Gasteiger partial charge in [-0.3, -0.25) is 0 Å². The van der Waals surface area contributed by atoms with Gasteiger partial charge in [0.25, 0.3) is 0 Å². The zero-order chi connectivity index (χ0) is 13.1. The molecule has 0 aromatic heterocycles. The Morgan fingerprint density at radius 2 is 1.42 bits per heavy atom. The van der Waals surface area contributed by atoms with E-state index in [-0.39, 0.29) is 30.6 Å². The SMILES string of the molecule is O=C(O)c1cccc(-c2ccccc2)c1C(=O)O.[Rh]. The van der Waals surface area contributed by atoms with Gasteiger partial charge < -0.3 is 10.2 Å². The number of hydrogen-bond acceptors (Lipinski definition) is 2. The molecule has 1 radical (unpaired) electrons. The van der Waals surface area contributed by atoms with Gasteiger partial charge in [0.15, 0.2) is 0 Å². The summed E-state index contributed by atoms with van der Waals surface area (Å²) in [7, 11) is 0. The van der Waals surface area contributed by atoms with Crippen LogP contribution < -0.4 is 0 Å². The molecule has 0 amide bonds. The minimum atomic E-state index is -1.25. The molecule has 0 aliphatic carbocycles. The van der Waals surface area contributed by atoms with Crippen LogP contribution in [0.5, 0.6) is 0 Å². The van der Waals surface area contributed by atoms with Crippen molar-refractivity contribution in [2.75, 3.05) is 0 Å². The fourth-order valence-electron chi connectivity index (χ4n) is 1.82. The average Bonchev–Trinajstić information content (AvgIpc) is 2.38. The van der Waals surface area contributed by atoms with Crippen molar-refractivity contribution in [3.8, 4) is 11.1 Å². The van der Waals surface area contributed by atoms with E-state index in [1.54, 1.807) is 30.3 Å². The Kier molecular flexibility index (Phi) is 4.96. The van der Waals surface area contributed by atoms with Gasteiger partial charge in [-0.15, -0.1) is 0 Å². The summed E-state index contributed by atoms with van der Waals surface area (Å²) in [5.41, 5.74) is 0.695. The van der Waals surface area contributed by atoms with Gasteiger partial charge in [-0.2, -0.15) is 0 Å². The zero-order valence-electron chi connectivity index (χ0n) is 9.66. The summed E-state index contributed by atoms with van der Waals surface area (Å²) in [6.07, 6.45) is 0. The average molecular weight is 345 g/mol. The molecule has 2 rings (SSSR count). The van der Waals surface area contributed by atoms with Crippen LogP contribution in [0, 0.1) is 0 Å². The van der Waals surface area contributed by atoms with Crippen molar-refractivity contribution < 1.29 is 39.3 Å². The number of rotatable bonds is 3. The molecule has 19 heavy (non-hydrogen) atoms. The van der Waals surface area contributed by atoms with Gasteiger partial charge in [0, 0.05) is 19.5 Å². The number of carboxylic acids is 2. The molecular formula is C14H10O4Rh. The van der Waals surface area contributed by atoms with Crippen molar-refractivity contribution in [3.05, 3.63) is 59.7 Å². The molecule has 0 fully saturated rings. The molecule has 5 heteroatoms. The third-order valence-corrected chi connectivity index (χ3v) is 2.59. The van der Waals surface area contributed by atoms with Gasteiger partial charge in [-0.1, -0.05) is 42.5 Å². The van der Waals surface area contributed by atoms with Crippen LogP contribution in [0.4, 0.5) is 0 Å². The molecule has 0 aliphatic rings. The molecule has 0 unspecified atom stereocenters. The summed E-state index contributed by atoms with van der Waals surface area (Å²) in [5.74, 6) is -2.49. The maximum atomic E-state index is 11.3. The Balaban J connectivity index is 0.00000180. The smallest absolute Gasteiger partial charge is 0.337 e. The van der Waals surface area contributed by atoms with Crippen LogP contribution in [-0.4, -0.2) is 22.2 Å². The van der Waals surface area contributed by atoms with Crippen LogP contribution in [-0.2, 0) is 19.5 Å². The van der Waals surface area contributed by atoms with E-state index in [2.05, 4.69) is 0 Å². The minimum Gasteiger partial charge on any atom is -0.478 e. The molecule has 0 atom stereocenters. The third kappa shape index (κ3) is 3.06. The van der Waals surface area contributed by atoms with Gasteiger partial charge in [0.05, 0.1) is 11.1 Å². The summed E-state index contributed by atoms with van der Waals surface area (Å²) >= 11 is 0. The first-order valence-corrected chi connectivity index (χ1v) is 5.26. The van der Waals surface area contributed by atoms with E-state index >= 15 is 0 Å². The standard InChI is InChI=1S/C14H10O4.Rh/c15-13(16)11-8-4-7-10(12(11)14(17)18)9-5-2-1-3-6-9;/h1-8H,(H,15,16)(H,17,18);. The fourth-order valence-corrected chi connectivity index (χ4v) is 1.82. The molecule has 2 N–H and O–H groups in total. The first kappa shape index (κ1) is 15.1. The van der Waals surface area contributed by atoms with Crippen molar-refractivity contribution in [2.45, 2.75) is 0 Å². The van der Waals surface area contributed by atoms with Crippen LogP contribution >= 0.6 is 0 Å². The summed E-state index contributed by atoms with van der Waals surface area (Å²) in [5, 5.41) is 18.2. The largest absolute Gasteiger partial charge is 0.478 e. The van der Waals surface area contributed by atoms with Crippen molar-refractivity contribution in [1.29, 1.82) is 0 Å². The second-order valence-corrected chi connectivity index (χ2v) is 3.70. The maximum Gasteiger partial charge on any atom is 0.337 e. The molecule has 2 aromatic rings. The number of carboxylic acid groups (broad SMARTS) is 2. The molecule has 0 spiro atoms. The van der Waals surface area contributed by atoms with Gasteiger partial charge >= 0.3 is 11.9 Å². The number of carbonyl (C=O) groups is 2. The first-order valence-electron chi connectivity index (χ1n) is 5.26. The summed E-state index contributed by atoms with van der Waals surface area (Å²) < 4.78 is 0. The van der Waals surface area contributed by atoms with Gasteiger partial charge in [-0.25, -0.2) is 9.59 Å². The van der Waals surface area contributed by atoms with Crippen LogP contribution in [0.15, 0.2) is 48.5 Å². The van der Waals surface area contributed by atoms with Crippen LogP contribution in [0.25, 0.3) is 11.1 Å². The number of hydrogen-bond donors (Lipinski definition) is 2. The second-order valence-electron chi connectivity index (χ2n) is 3.70. The topological polar surface area (TPSA) is 74.6 Å². The second kappa shape index (κ2) is 6.25.